The zero-order valence-corrected chi connectivity index (χ0v) is 23.5. The number of aromatic nitrogens is 5. The number of pyridine rings is 1. The van der Waals surface area contributed by atoms with Crippen LogP contribution in [0.2, 0.25) is 0 Å². The van der Waals surface area contributed by atoms with E-state index in [9.17, 15) is 4.39 Å². The number of likely N-dealkylation sites (tertiary alicyclic amines) is 1. The van der Waals surface area contributed by atoms with Gasteiger partial charge in [0.25, 0.3) is 0 Å². The lowest BCUT2D eigenvalue weighted by molar-refractivity contribution is 0.0910. The fourth-order valence-electron chi connectivity index (χ4n) is 5.36. The number of piperidine rings is 1. The molecule has 9 nitrogen and oxygen atoms in total. The molecule has 0 saturated carbocycles. The van der Waals surface area contributed by atoms with E-state index >= 15 is 0 Å². The van der Waals surface area contributed by atoms with Crippen LogP contribution in [0.1, 0.15) is 42.5 Å². The second-order valence-electron chi connectivity index (χ2n) is 10.3. The zero-order valence-electron chi connectivity index (χ0n) is 23.5. The Balaban J connectivity index is 1.06. The summed E-state index contributed by atoms with van der Waals surface area (Å²) in [5, 5.41) is 13.4. The molecule has 0 bridgehead atoms. The van der Waals surface area contributed by atoms with Gasteiger partial charge in [-0.15, -0.1) is 0 Å². The molecule has 214 valence electrons. The third kappa shape index (κ3) is 6.11. The van der Waals surface area contributed by atoms with Crippen LogP contribution in [-0.4, -0.2) is 48.4 Å². The minimum atomic E-state index is -0.573. The van der Waals surface area contributed by atoms with Crippen LogP contribution in [0, 0.1) is 17.1 Å². The van der Waals surface area contributed by atoms with Crippen molar-refractivity contribution in [3.8, 4) is 17.7 Å². The summed E-state index contributed by atoms with van der Waals surface area (Å²) < 4.78 is 30.3. The van der Waals surface area contributed by atoms with E-state index in [1.54, 1.807) is 0 Å². The van der Waals surface area contributed by atoms with E-state index in [1.807, 2.05) is 41.2 Å². The predicted molar refractivity (Wildman–Crippen MR) is 155 cm³/mol. The van der Waals surface area contributed by atoms with Crippen molar-refractivity contribution in [3.63, 3.8) is 0 Å². The number of rotatable bonds is 10. The molecular formula is C32H32FN7O2. The molecule has 0 aliphatic carbocycles. The molecule has 6 rings (SSSR count). The molecule has 0 amide bonds. The van der Waals surface area contributed by atoms with Crippen LogP contribution >= 0.6 is 0 Å². The van der Waals surface area contributed by atoms with E-state index < -0.39 is 5.82 Å². The van der Waals surface area contributed by atoms with Crippen molar-refractivity contribution in [3.05, 3.63) is 102 Å². The van der Waals surface area contributed by atoms with E-state index in [2.05, 4.69) is 50.7 Å². The molecule has 0 atom stereocenters. The van der Waals surface area contributed by atoms with Crippen LogP contribution in [0.15, 0.2) is 72.9 Å². The van der Waals surface area contributed by atoms with Crippen LogP contribution in [-0.2, 0) is 26.2 Å². The molecular weight excluding hydrogens is 533 g/mol. The van der Waals surface area contributed by atoms with Crippen molar-refractivity contribution >= 4 is 11.0 Å². The Hall–Kier alpha value is -4.75. The number of hydrogen-bond donors (Lipinski definition) is 0. The number of nitrogens with zero attached hydrogens (tertiary/aromatic N) is 7. The average Bonchev–Trinajstić information content (AvgIpc) is 3.61. The molecule has 4 heterocycles. The van der Waals surface area contributed by atoms with Crippen molar-refractivity contribution in [2.45, 2.75) is 52.1 Å². The monoisotopic (exact) mass is 565 g/mol. The van der Waals surface area contributed by atoms with Crippen LogP contribution in [0.25, 0.3) is 11.0 Å². The lowest BCUT2D eigenvalue weighted by atomic mass is 10.1. The molecule has 0 spiro atoms. The largest absolute Gasteiger partial charge is 0.484 e. The topological polar surface area (TPSA) is 94.0 Å². The summed E-state index contributed by atoms with van der Waals surface area (Å²) in [7, 11) is 0. The lowest BCUT2D eigenvalue weighted by Gasteiger charge is -2.31. The summed E-state index contributed by atoms with van der Waals surface area (Å²) in [6.45, 7) is 6.30. The van der Waals surface area contributed by atoms with Crippen LogP contribution in [0.5, 0.6) is 11.6 Å². The predicted octanol–water partition coefficient (Wildman–Crippen LogP) is 5.33. The highest BCUT2D eigenvalue weighted by molar-refractivity contribution is 5.76. The summed E-state index contributed by atoms with van der Waals surface area (Å²) in [5.41, 5.74) is 4.18. The summed E-state index contributed by atoms with van der Waals surface area (Å²) in [6, 6.07) is 21.9. The summed E-state index contributed by atoms with van der Waals surface area (Å²) in [4.78, 5) is 12.0. The fourth-order valence-corrected chi connectivity index (χ4v) is 5.36. The first-order valence-corrected chi connectivity index (χ1v) is 14.2. The Morgan fingerprint density at radius 3 is 2.67 bits per heavy atom. The molecule has 1 fully saturated rings. The van der Waals surface area contributed by atoms with E-state index in [0.29, 0.717) is 11.6 Å². The quantitative estimate of drug-likeness (QED) is 0.226. The Morgan fingerprint density at radius 2 is 1.86 bits per heavy atom. The number of fused-ring (bicyclic) bond motifs is 1. The van der Waals surface area contributed by atoms with Crippen LogP contribution < -0.4 is 9.47 Å². The van der Waals surface area contributed by atoms with Gasteiger partial charge in [0.1, 0.15) is 18.5 Å². The van der Waals surface area contributed by atoms with Crippen LogP contribution in [0.3, 0.4) is 0 Å². The van der Waals surface area contributed by atoms with Crippen molar-refractivity contribution in [2.75, 3.05) is 13.1 Å². The van der Waals surface area contributed by atoms with Gasteiger partial charge in [0.05, 0.1) is 47.1 Å². The number of ether oxygens (including phenoxy) is 2. The SMILES string of the molecule is CCn1nccc1Cn1c(CN2CCC(Oc3cccc(COc4ccc(C#N)cc4F)n3)CC2)nc2ccccc21. The third-order valence-corrected chi connectivity index (χ3v) is 7.56. The van der Waals surface area contributed by atoms with Gasteiger partial charge in [0.15, 0.2) is 11.6 Å². The number of imidazole rings is 1. The number of aryl methyl sites for hydroxylation is 1. The third-order valence-electron chi connectivity index (χ3n) is 7.56. The smallest absolute Gasteiger partial charge is 0.213 e. The van der Waals surface area contributed by atoms with E-state index in [0.717, 1.165) is 74.2 Å². The number of halogens is 1. The molecule has 42 heavy (non-hydrogen) atoms. The maximum Gasteiger partial charge on any atom is 0.213 e. The highest BCUT2D eigenvalue weighted by Crippen LogP contribution is 2.24. The Kier molecular flexibility index (Phi) is 8.10. The standard InChI is InChI=1S/C32H32FN7O2/c1-2-40-25(12-15-35-40)20-39-29-8-4-3-7-28(29)37-31(39)21-38-16-13-26(14-17-38)42-32-9-5-6-24(36-32)22-41-30-11-10-23(19-34)18-27(30)33/h3-12,15,18,26H,2,13-14,16-17,20-22H2,1H3. The molecule has 10 heteroatoms. The Bertz CT molecular complexity index is 1720. The molecule has 0 N–H and O–H groups in total. The zero-order chi connectivity index (χ0) is 28.9. The molecule has 1 aliphatic heterocycles. The maximum atomic E-state index is 14.2. The van der Waals surface area contributed by atoms with Gasteiger partial charge in [-0.2, -0.15) is 10.4 Å². The maximum absolute atomic E-state index is 14.2. The van der Waals surface area contributed by atoms with Crippen LogP contribution in [0.4, 0.5) is 4.39 Å². The molecule has 1 saturated heterocycles. The number of nitriles is 1. The van der Waals surface area contributed by atoms with Crippen molar-refractivity contribution in [2.24, 2.45) is 0 Å². The number of para-hydroxylation sites is 2. The molecule has 3 aromatic heterocycles. The average molecular weight is 566 g/mol. The van der Waals surface area contributed by atoms with Gasteiger partial charge in [-0.25, -0.2) is 14.4 Å². The minimum absolute atomic E-state index is 0.0543. The summed E-state index contributed by atoms with van der Waals surface area (Å²) in [6.07, 6.45) is 3.66. The second-order valence-corrected chi connectivity index (χ2v) is 10.3. The molecule has 1 aliphatic rings. The Labute approximate surface area is 243 Å². The van der Waals surface area contributed by atoms with E-state index in [4.69, 9.17) is 19.7 Å². The highest BCUT2D eigenvalue weighted by Gasteiger charge is 2.23. The minimum Gasteiger partial charge on any atom is -0.484 e. The highest BCUT2D eigenvalue weighted by atomic mass is 19.1. The molecule has 2 aromatic carbocycles. The molecule has 0 radical (unpaired) electrons. The normalized spacial score (nSPS) is 14.2. The lowest BCUT2D eigenvalue weighted by Crippen LogP contribution is -2.38. The summed E-state index contributed by atoms with van der Waals surface area (Å²) in [5.74, 6) is 1.09. The fraction of sp³-hybridized carbons (Fsp3) is 0.312. The van der Waals surface area contributed by atoms with Crippen molar-refractivity contribution < 1.29 is 13.9 Å². The van der Waals surface area contributed by atoms with Gasteiger partial charge >= 0.3 is 0 Å². The first kappa shape index (κ1) is 27.4. The van der Waals surface area contributed by atoms with Gasteiger partial charge in [-0.05, 0) is 62.2 Å². The second kappa shape index (κ2) is 12.4. The van der Waals surface area contributed by atoms with E-state index in [1.165, 1.54) is 12.1 Å². The van der Waals surface area contributed by atoms with Gasteiger partial charge in [-0.1, -0.05) is 18.2 Å². The number of benzene rings is 2. The Morgan fingerprint density at radius 1 is 1.00 bits per heavy atom. The molecule has 5 aromatic rings. The van der Waals surface area contributed by atoms with E-state index in [-0.39, 0.29) is 24.0 Å². The first-order chi connectivity index (χ1) is 20.6. The van der Waals surface area contributed by atoms with Gasteiger partial charge in [0.2, 0.25) is 5.88 Å². The number of hydrogen-bond acceptors (Lipinski definition) is 7. The van der Waals surface area contributed by atoms with Gasteiger partial charge < -0.3 is 14.0 Å². The van der Waals surface area contributed by atoms with Crippen molar-refractivity contribution in [1.82, 2.24) is 29.2 Å². The van der Waals surface area contributed by atoms with Gasteiger partial charge in [-0.3, -0.25) is 9.58 Å². The molecule has 0 unspecified atom stereocenters. The first-order valence-electron chi connectivity index (χ1n) is 14.2. The summed E-state index contributed by atoms with van der Waals surface area (Å²) >= 11 is 0. The van der Waals surface area contributed by atoms with Crippen molar-refractivity contribution in [1.29, 1.82) is 5.26 Å². The van der Waals surface area contributed by atoms with Gasteiger partial charge in [0, 0.05) is 31.9 Å².